The maximum absolute atomic E-state index is 13.3. The van der Waals surface area contributed by atoms with Gasteiger partial charge in [-0.2, -0.15) is 13.2 Å². The zero-order valence-corrected chi connectivity index (χ0v) is 13.0. The van der Waals surface area contributed by atoms with Crippen LogP contribution in [-0.2, 0) is 6.18 Å². The highest BCUT2D eigenvalue weighted by Crippen LogP contribution is 2.32. The molecule has 2 saturated heterocycles. The fourth-order valence-corrected chi connectivity index (χ4v) is 3.29. The molecule has 0 bridgehead atoms. The van der Waals surface area contributed by atoms with E-state index in [1.54, 1.807) is 4.90 Å². The van der Waals surface area contributed by atoms with Gasteiger partial charge in [0, 0.05) is 24.7 Å². The Kier molecular flexibility index (Phi) is 5.20. The first kappa shape index (κ1) is 18.0. The van der Waals surface area contributed by atoms with Gasteiger partial charge in [-0.05, 0) is 43.5 Å². The van der Waals surface area contributed by atoms with E-state index in [1.807, 2.05) is 0 Å². The van der Waals surface area contributed by atoms with Crippen LogP contribution in [0, 0.1) is 11.7 Å². The first-order valence-electron chi connectivity index (χ1n) is 7.25. The molecule has 2 fully saturated rings. The largest absolute Gasteiger partial charge is 0.419 e. The fraction of sp³-hybridized carbons (Fsp3) is 0.533. The van der Waals surface area contributed by atoms with Gasteiger partial charge in [-0.15, -0.1) is 12.4 Å². The summed E-state index contributed by atoms with van der Waals surface area (Å²) in [5.41, 5.74) is -1.51. The average Bonchev–Trinajstić information content (AvgIpc) is 2.93. The van der Waals surface area contributed by atoms with Crippen LogP contribution in [0.3, 0.4) is 0 Å². The summed E-state index contributed by atoms with van der Waals surface area (Å²) in [5, 5.41) is 3.36. The third-order valence-corrected chi connectivity index (χ3v) is 4.46. The highest BCUT2D eigenvalue weighted by atomic mass is 35.5. The van der Waals surface area contributed by atoms with Gasteiger partial charge in [0.25, 0.3) is 5.91 Å². The van der Waals surface area contributed by atoms with Crippen LogP contribution in [0.4, 0.5) is 17.6 Å². The molecule has 0 radical (unpaired) electrons. The van der Waals surface area contributed by atoms with Gasteiger partial charge in [-0.3, -0.25) is 4.79 Å². The smallest absolute Gasteiger partial charge is 0.338 e. The number of benzene rings is 1. The first-order valence-corrected chi connectivity index (χ1v) is 7.25. The van der Waals surface area contributed by atoms with Crippen molar-refractivity contribution in [3.8, 4) is 0 Å². The second-order valence-corrected chi connectivity index (χ2v) is 5.84. The van der Waals surface area contributed by atoms with Crippen LogP contribution >= 0.6 is 12.4 Å². The Bertz CT molecular complexity index is 593. The van der Waals surface area contributed by atoms with Gasteiger partial charge < -0.3 is 10.2 Å². The van der Waals surface area contributed by atoms with Crippen molar-refractivity contribution in [3.63, 3.8) is 0 Å². The molecule has 1 aromatic rings. The Morgan fingerprint density at radius 3 is 2.70 bits per heavy atom. The molecule has 2 unspecified atom stereocenters. The van der Waals surface area contributed by atoms with Crippen LogP contribution in [0.25, 0.3) is 0 Å². The molecule has 1 aromatic carbocycles. The minimum absolute atomic E-state index is 0. The summed E-state index contributed by atoms with van der Waals surface area (Å²) >= 11 is 0. The number of piperidine rings is 1. The normalized spacial score (nSPS) is 24.1. The van der Waals surface area contributed by atoms with Crippen molar-refractivity contribution in [2.75, 3.05) is 19.6 Å². The number of amides is 1. The molecule has 0 saturated carbocycles. The number of hydrogen-bond donors (Lipinski definition) is 1. The number of likely N-dealkylation sites (tertiary alicyclic amines) is 1. The highest BCUT2D eigenvalue weighted by Gasteiger charge is 2.37. The molecular formula is C15H17ClF4N2O. The van der Waals surface area contributed by atoms with Gasteiger partial charge in [0.2, 0.25) is 0 Å². The third kappa shape index (κ3) is 3.61. The van der Waals surface area contributed by atoms with Crippen LogP contribution in [0.5, 0.6) is 0 Å². The SMILES string of the molecule is Cl.O=C(c1ccc(F)c(C(F)(F)F)c1)N1CCC2NCCC2C1. The van der Waals surface area contributed by atoms with Gasteiger partial charge >= 0.3 is 6.18 Å². The number of alkyl halides is 3. The molecule has 2 atom stereocenters. The van der Waals surface area contributed by atoms with E-state index in [4.69, 9.17) is 0 Å². The molecule has 0 aliphatic carbocycles. The minimum atomic E-state index is -4.80. The van der Waals surface area contributed by atoms with E-state index < -0.39 is 23.5 Å². The Morgan fingerprint density at radius 2 is 2.00 bits per heavy atom. The lowest BCUT2D eigenvalue weighted by molar-refractivity contribution is -0.140. The number of nitrogens with one attached hydrogen (secondary N) is 1. The predicted molar refractivity (Wildman–Crippen MR) is 79.1 cm³/mol. The highest BCUT2D eigenvalue weighted by molar-refractivity contribution is 5.94. The van der Waals surface area contributed by atoms with E-state index in [0.717, 1.165) is 25.5 Å². The molecule has 2 heterocycles. The van der Waals surface area contributed by atoms with E-state index in [0.29, 0.717) is 37.2 Å². The van der Waals surface area contributed by atoms with Crippen LogP contribution in [0.1, 0.15) is 28.8 Å². The van der Waals surface area contributed by atoms with E-state index >= 15 is 0 Å². The topological polar surface area (TPSA) is 32.3 Å². The van der Waals surface area contributed by atoms with Gasteiger partial charge in [0.15, 0.2) is 0 Å². The molecule has 0 spiro atoms. The predicted octanol–water partition coefficient (Wildman–Crippen LogP) is 3.09. The van der Waals surface area contributed by atoms with Crippen LogP contribution < -0.4 is 5.32 Å². The monoisotopic (exact) mass is 352 g/mol. The molecule has 2 aliphatic heterocycles. The summed E-state index contributed by atoms with van der Waals surface area (Å²) in [6.45, 7) is 1.95. The van der Waals surface area contributed by atoms with Crippen molar-refractivity contribution in [2.24, 2.45) is 5.92 Å². The van der Waals surface area contributed by atoms with Gasteiger partial charge in [-0.25, -0.2) is 4.39 Å². The lowest BCUT2D eigenvalue weighted by atomic mass is 9.93. The van der Waals surface area contributed by atoms with Crippen molar-refractivity contribution >= 4 is 18.3 Å². The van der Waals surface area contributed by atoms with Crippen molar-refractivity contribution in [1.82, 2.24) is 10.2 Å². The maximum Gasteiger partial charge on any atom is 0.419 e. The number of hydrogen-bond acceptors (Lipinski definition) is 2. The van der Waals surface area contributed by atoms with Crippen molar-refractivity contribution in [3.05, 3.63) is 35.1 Å². The lowest BCUT2D eigenvalue weighted by Gasteiger charge is -2.35. The van der Waals surface area contributed by atoms with E-state index in [1.165, 1.54) is 0 Å². The number of carbonyl (C=O) groups excluding carboxylic acids is 1. The first-order chi connectivity index (χ1) is 10.4. The summed E-state index contributed by atoms with van der Waals surface area (Å²) in [6, 6.07) is 2.82. The second-order valence-electron chi connectivity index (χ2n) is 5.84. The molecule has 3 rings (SSSR count). The Morgan fingerprint density at radius 1 is 1.26 bits per heavy atom. The summed E-state index contributed by atoms with van der Waals surface area (Å²) in [4.78, 5) is 14.0. The summed E-state index contributed by atoms with van der Waals surface area (Å²) < 4.78 is 51.5. The van der Waals surface area contributed by atoms with Gasteiger partial charge in [0.1, 0.15) is 5.82 Å². The summed E-state index contributed by atoms with van der Waals surface area (Å²) in [5.74, 6) is -1.47. The average molecular weight is 353 g/mol. The lowest BCUT2D eigenvalue weighted by Crippen LogP contribution is -2.46. The van der Waals surface area contributed by atoms with E-state index in [-0.39, 0.29) is 18.0 Å². The molecular weight excluding hydrogens is 336 g/mol. The maximum atomic E-state index is 13.3. The Labute approximate surface area is 137 Å². The Hall–Kier alpha value is -1.34. The van der Waals surface area contributed by atoms with E-state index in [9.17, 15) is 22.4 Å². The molecule has 2 aliphatic rings. The third-order valence-electron chi connectivity index (χ3n) is 4.46. The number of halogens is 5. The molecule has 1 amide bonds. The van der Waals surface area contributed by atoms with Gasteiger partial charge in [0.05, 0.1) is 5.56 Å². The van der Waals surface area contributed by atoms with Crippen molar-refractivity contribution in [2.45, 2.75) is 25.1 Å². The fourth-order valence-electron chi connectivity index (χ4n) is 3.29. The number of fused-ring (bicyclic) bond motifs is 1. The molecule has 8 heteroatoms. The number of rotatable bonds is 1. The summed E-state index contributed by atoms with van der Waals surface area (Å²) in [6.07, 6.45) is -3.04. The zero-order valence-electron chi connectivity index (χ0n) is 12.2. The minimum Gasteiger partial charge on any atom is -0.338 e. The van der Waals surface area contributed by atoms with Crippen LogP contribution in [0.2, 0.25) is 0 Å². The quantitative estimate of drug-likeness (QED) is 0.788. The van der Waals surface area contributed by atoms with E-state index in [2.05, 4.69) is 5.32 Å². The standard InChI is InChI=1S/C15H16F4N2O.ClH/c16-12-2-1-9(7-11(12)15(17,18)19)14(22)21-6-4-13-10(8-21)3-5-20-13;/h1-2,7,10,13,20H,3-6,8H2;1H. The van der Waals surface area contributed by atoms with Crippen LogP contribution in [-0.4, -0.2) is 36.5 Å². The van der Waals surface area contributed by atoms with Crippen LogP contribution in [0.15, 0.2) is 18.2 Å². The summed E-state index contributed by atoms with van der Waals surface area (Å²) in [7, 11) is 0. The molecule has 1 N–H and O–H groups in total. The molecule has 0 aromatic heterocycles. The number of nitrogens with zero attached hydrogens (tertiary/aromatic N) is 1. The number of carbonyl (C=O) groups is 1. The van der Waals surface area contributed by atoms with Crippen molar-refractivity contribution < 1.29 is 22.4 Å². The second kappa shape index (κ2) is 6.65. The Balaban J connectivity index is 0.00000192. The molecule has 23 heavy (non-hydrogen) atoms. The van der Waals surface area contributed by atoms with Gasteiger partial charge in [-0.1, -0.05) is 0 Å². The zero-order chi connectivity index (χ0) is 15.9. The molecule has 128 valence electrons. The molecule has 3 nitrogen and oxygen atoms in total. The van der Waals surface area contributed by atoms with Crippen molar-refractivity contribution in [1.29, 1.82) is 0 Å².